The molecule has 3 N–H and O–H groups in total. The molecule has 110 valence electrons. The first-order valence-corrected chi connectivity index (χ1v) is 5.44. The molecule has 0 spiro atoms. The highest BCUT2D eigenvalue weighted by molar-refractivity contribution is 5.68. The number of hydrogen-bond acceptors (Lipinski definition) is 8. The fourth-order valence-corrected chi connectivity index (χ4v) is 1.48. The Bertz CT molecular complexity index is 485. The van der Waals surface area contributed by atoms with E-state index in [9.17, 15) is 25.3 Å². The summed E-state index contributed by atoms with van der Waals surface area (Å²) in [6, 6.07) is 2.10. The molecule has 0 fully saturated rings. The van der Waals surface area contributed by atoms with Crippen molar-refractivity contribution in [3.63, 3.8) is 0 Å². The molecule has 10 nitrogen and oxygen atoms in total. The summed E-state index contributed by atoms with van der Waals surface area (Å²) in [4.78, 5) is 20.2. The molecule has 1 aromatic carbocycles. The molecule has 0 heterocycles. The highest BCUT2D eigenvalue weighted by Crippen LogP contribution is 2.39. The number of nitrogens with zero attached hydrogens (tertiary/aromatic N) is 2. The quantitative estimate of drug-likeness (QED) is 0.478. The second-order valence-electron chi connectivity index (χ2n) is 3.78. The van der Waals surface area contributed by atoms with Crippen molar-refractivity contribution in [1.82, 2.24) is 0 Å². The number of benzene rings is 1. The van der Waals surface area contributed by atoms with E-state index in [0.29, 0.717) is 0 Å². The lowest BCUT2D eigenvalue weighted by Gasteiger charge is -2.11. The zero-order valence-corrected chi connectivity index (χ0v) is 10.5. The summed E-state index contributed by atoms with van der Waals surface area (Å²) >= 11 is 0. The van der Waals surface area contributed by atoms with Crippen LogP contribution in [0.2, 0.25) is 0 Å². The number of anilines is 1. The molecule has 0 aliphatic heterocycles. The van der Waals surface area contributed by atoms with Crippen LogP contribution in [-0.4, -0.2) is 46.4 Å². The number of nitrogens with one attached hydrogen (secondary N) is 1. The van der Waals surface area contributed by atoms with E-state index in [4.69, 9.17) is 9.84 Å². The van der Waals surface area contributed by atoms with Crippen LogP contribution >= 0.6 is 0 Å². The van der Waals surface area contributed by atoms with Gasteiger partial charge in [-0.3, -0.25) is 20.2 Å². The Morgan fingerprint density at radius 2 is 1.80 bits per heavy atom. The van der Waals surface area contributed by atoms with Gasteiger partial charge in [0.2, 0.25) is 0 Å². The van der Waals surface area contributed by atoms with Crippen molar-refractivity contribution in [2.75, 3.05) is 25.6 Å². The van der Waals surface area contributed by atoms with E-state index < -0.39 is 39.7 Å². The van der Waals surface area contributed by atoms with Gasteiger partial charge in [-0.05, 0) is 0 Å². The van der Waals surface area contributed by atoms with E-state index in [0.717, 1.165) is 19.2 Å². The van der Waals surface area contributed by atoms with Crippen LogP contribution in [0.1, 0.15) is 0 Å². The van der Waals surface area contributed by atoms with Crippen molar-refractivity contribution >= 4 is 17.1 Å². The van der Waals surface area contributed by atoms with Crippen LogP contribution in [-0.2, 0) is 0 Å². The Kier molecular flexibility index (Phi) is 5.17. The molecule has 1 unspecified atom stereocenters. The van der Waals surface area contributed by atoms with E-state index in [1.807, 2.05) is 0 Å². The zero-order chi connectivity index (χ0) is 15.3. The maximum absolute atomic E-state index is 10.9. The molecule has 0 aliphatic rings. The monoisotopic (exact) mass is 287 g/mol. The lowest BCUT2D eigenvalue weighted by Crippen LogP contribution is -2.23. The van der Waals surface area contributed by atoms with Crippen molar-refractivity contribution in [3.05, 3.63) is 32.4 Å². The van der Waals surface area contributed by atoms with E-state index in [2.05, 4.69) is 5.32 Å². The summed E-state index contributed by atoms with van der Waals surface area (Å²) in [5, 5.41) is 42.2. The molecule has 1 atom stereocenters. The predicted octanol–water partition coefficient (Wildman–Crippen LogP) is 0.277. The number of hydrogen-bond donors (Lipinski definition) is 3. The van der Waals surface area contributed by atoms with Crippen LogP contribution in [0.3, 0.4) is 0 Å². The average Bonchev–Trinajstić information content (AvgIpc) is 2.43. The van der Waals surface area contributed by atoms with E-state index in [-0.39, 0.29) is 12.2 Å². The molecule has 10 heteroatoms. The molecule has 0 aliphatic carbocycles. The summed E-state index contributed by atoms with van der Waals surface area (Å²) in [7, 11) is 1.10. The SMILES string of the molecule is COc1c([N+](=O)[O-])cc(NCC(O)CO)cc1[N+](=O)[O-]. The lowest BCUT2D eigenvalue weighted by molar-refractivity contribution is -0.395. The molecule has 0 aromatic heterocycles. The summed E-state index contributed by atoms with van der Waals surface area (Å²) in [5.74, 6) is -0.451. The molecule has 0 saturated heterocycles. The van der Waals surface area contributed by atoms with Crippen LogP contribution in [0.15, 0.2) is 12.1 Å². The Labute approximate surface area is 112 Å². The fourth-order valence-electron chi connectivity index (χ4n) is 1.48. The maximum Gasteiger partial charge on any atom is 0.320 e. The third kappa shape index (κ3) is 3.52. The summed E-state index contributed by atoms with van der Waals surface area (Å²) in [6.07, 6.45) is -1.09. The molecule has 0 bridgehead atoms. The second-order valence-corrected chi connectivity index (χ2v) is 3.78. The fraction of sp³-hybridized carbons (Fsp3) is 0.400. The first kappa shape index (κ1) is 15.6. The molecular weight excluding hydrogens is 274 g/mol. The number of methoxy groups -OCH3 is 1. The van der Waals surface area contributed by atoms with Gasteiger partial charge >= 0.3 is 11.4 Å². The number of rotatable bonds is 7. The largest absolute Gasteiger partial charge is 0.485 e. The minimum absolute atomic E-state index is 0.0664. The average molecular weight is 287 g/mol. The van der Waals surface area contributed by atoms with Crippen molar-refractivity contribution in [2.45, 2.75) is 6.10 Å². The van der Waals surface area contributed by atoms with Gasteiger partial charge in [-0.25, -0.2) is 0 Å². The molecule has 0 amide bonds. The molecule has 20 heavy (non-hydrogen) atoms. The Morgan fingerprint density at radius 3 is 2.15 bits per heavy atom. The number of aliphatic hydroxyl groups is 2. The van der Waals surface area contributed by atoms with Crippen LogP contribution < -0.4 is 10.1 Å². The highest BCUT2D eigenvalue weighted by Gasteiger charge is 2.27. The number of nitro benzene ring substituents is 2. The second kappa shape index (κ2) is 6.63. The highest BCUT2D eigenvalue weighted by atomic mass is 16.6. The van der Waals surface area contributed by atoms with Crippen LogP contribution in [0, 0.1) is 20.2 Å². The van der Waals surface area contributed by atoms with E-state index >= 15 is 0 Å². The Balaban J connectivity index is 3.20. The third-order valence-electron chi connectivity index (χ3n) is 2.40. The molecule has 0 radical (unpaired) electrons. The lowest BCUT2D eigenvalue weighted by atomic mass is 10.2. The maximum atomic E-state index is 10.9. The van der Waals surface area contributed by atoms with Gasteiger partial charge in [-0.1, -0.05) is 0 Å². The molecule has 0 saturated carbocycles. The predicted molar refractivity (Wildman–Crippen MR) is 67.9 cm³/mol. The normalized spacial score (nSPS) is 11.8. The van der Waals surface area contributed by atoms with Gasteiger partial charge in [0.1, 0.15) is 0 Å². The van der Waals surface area contributed by atoms with E-state index in [1.165, 1.54) is 0 Å². The van der Waals surface area contributed by atoms with Gasteiger partial charge in [0.15, 0.2) is 0 Å². The molecular formula is C10H13N3O7. The topological polar surface area (TPSA) is 148 Å². The van der Waals surface area contributed by atoms with Gasteiger partial charge in [0.25, 0.3) is 5.75 Å². The summed E-state index contributed by atoms with van der Waals surface area (Å²) in [5.41, 5.74) is -1.07. The van der Waals surface area contributed by atoms with Crippen molar-refractivity contribution in [1.29, 1.82) is 0 Å². The third-order valence-corrected chi connectivity index (χ3v) is 2.40. The molecule has 1 rings (SSSR count). The van der Waals surface area contributed by atoms with Gasteiger partial charge in [0.05, 0.1) is 29.7 Å². The summed E-state index contributed by atoms with van der Waals surface area (Å²) in [6.45, 7) is -0.621. The van der Waals surface area contributed by atoms with Gasteiger partial charge in [-0.2, -0.15) is 0 Å². The van der Waals surface area contributed by atoms with Crippen LogP contribution in [0.5, 0.6) is 5.75 Å². The van der Waals surface area contributed by atoms with Gasteiger partial charge < -0.3 is 20.3 Å². The van der Waals surface area contributed by atoms with Crippen molar-refractivity contribution in [2.24, 2.45) is 0 Å². The number of nitro groups is 2. The summed E-state index contributed by atoms with van der Waals surface area (Å²) < 4.78 is 4.70. The Hall–Kier alpha value is -2.46. The van der Waals surface area contributed by atoms with Crippen molar-refractivity contribution in [3.8, 4) is 5.75 Å². The van der Waals surface area contributed by atoms with Gasteiger partial charge in [-0.15, -0.1) is 0 Å². The standard InChI is InChI=1S/C10H13N3O7/c1-20-10-8(12(16)17)2-6(3-9(10)13(18)19)11-4-7(15)5-14/h2-3,7,11,14-15H,4-5H2,1H3. The van der Waals surface area contributed by atoms with Gasteiger partial charge in [0, 0.05) is 24.4 Å². The smallest absolute Gasteiger partial charge is 0.320 e. The number of ether oxygens (including phenoxy) is 1. The van der Waals surface area contributed by atoms with Crippen LogP contribution in [0.25, 0.3) is 0 Å². The minimum atomic E-state index is -1.09. The van der Waals surface area contributed by atoms with Crippen LogP contribution in [0.4, 0.5) is 17.1 Å². The van der Waals surface area contributed by atoms with E-state index in [1.54, 1.807) is 0 Å². The Morgan fingerprint density at radius 1 is 1.30 bits per heavy atom. The number of aliphatic hydroxyl groups excluding tert-OH is 2. The minimum Gasteiger partial charge on any atom is -0.485 e. The molecule has 1 aromatic rings. The first-order valence-electron chi connectivity index (χ1n) is 5.44. The zero-order valence-electron chi connectivity index (χ0n) is 10.5. The van der Waals surface area contributed by atoms with Crippen molar-refractivity contribution < 1.29 is 24.8 Å². The first-order chi connectivity index (χ1) is 9.40.